The zero-order chi connectivity index (χ0) is 21.0. The molecule has 2 aromatic rings. The first-order chi connectivity index (χ1) is 13.9. The van der Waals surface area contributed by atoms with Crippen LogP contribution in [0, 0.1) is 0 Å². The fourth-order valence-electron chi connectivity index (χ4n) is 3.69. The minimum atomic E-state index is -2.55. The van der Waals surface area contributed by atoms with Crippen molar-refractivity contribution >= 4 is 31.3 Å². The lowest BCUT2D eigenvalue weighted by Gasteiger charge is -2.34. The van der Waals surface area contributed by atoms with Crippen LogP contribution in [0.5, 0.6) is 0 Å². The van der Waals surface area contributed by atoms with E-state index in [0.29, 0.717) is 16.3 Å². The van der Waals surface area contributed by atoms with Crippen LogP contribution in [0.4, 0.5) is 0 Å². The second-order valence-corrected chi connectivity index (χ2v) is 11.6. The van der Waals surface area contributed by atoms with Crippen LogP contribution >= 0.6 is 0 Å². The molecule has 0 N–H and O–H groups in total. The first kappa shape index (κ1) is 20.5. The van der Waals surface area contributed by atoms with Crippen LogP contribution in [-0.4, -0.2) is 34.2 Å². The van der Waals surface area contributed by atoms with Gasteiger partial charge in [-0.05, 0) is 28.0 Å². The lowest BCUT2D eigenvalue weighted by molar-refractivity contribution is -0.138. The van der Waals surface area contributed by atoms with Gasteiger partial charge in [0.15, 0.2) is 0 Å². The van der Waals surface area contributed by atoms with E-state index in [1.807, 2.05) is 72.8 Å². The Bertz CT molecular complexity index is 1020. The van der Waals surface area contributed by atoms with Crippen molar-refractivity contribution in [3.8, 4) is 0 Å². The van der Waals surface area contributed by atoms with Crippen molar-refractivity contribution in [1.29, 1.82) is 0 Å². The Balaban J connectivity index is 2.34. The number of esters is 2. The average Bonchev–Trinajstić information content (AvgIpc) is 2.74. The molecule has 1 aliphatic rings. The maximum absolute atomic E-state index is 12.9. The van der Waals surface area contributed by atoms with Crippen molar-refractivity contribution in [3.63, 3.8) is 0 Å². The van der Waals surface area contributed by atoms with Crippen LogP contribution in [0.3, 0.4) is 0 Å². The van der Waals surface area contributed by atoms with Crippen molar-refractivity contribution in [2.45, 2.75) is 13.1 Å². The Labute approximate surface area is 172 Å². The van der Waals surface area contributed by atoms with E-state index in [-0.39, 0.29) is 0 Å². The molecule has 0 saturated heterocycles. The van der Waals surface area contributed by atoms with Gasteiger partial charge < -0.3 is 9.47 Å². The first-order valence-corrected chi connectivity index (χ1v) is 12.4. The molecule has 1 aliphatic heterocycles. The summed E-state index contributed by atoms with van der Waals surface area (Å²) >= 11 is 0. The Morgan fingerprint density at radius 2 is 1.38 bits per heavy atom. The van der Waals surface area contributed by atoms with E-state index in [4.69, 9.17) is 9.47 Å². The molecule has 0 aliphatic carbocycles. The van der Waals surface area contributed by atoms with Crippen LogP contribution in [0.1, 0.15) is 11.1 Å². The Kier molecular flexibility index (Phi) is 5.99. The molecule has 0 fully saturated rings. The summed E-state index contributed by atoms with van der Waals surface area (Å²) in [6.45, 7) is 4.11. The number of hydrogen-bond acceptors (Lipinski definition) is 4. The quantitative estimate of drug-likeness (QED) is 0.552. The largest absolute Gasteiger partial charge is 0.466 e. The molecule has 3 rings (SSSR count). The molecule has 0 atom stereocenters. The average molecular weight is 405 g/mol. The lowest BCUT2D eigenvalue weighted by Crippen LogP contribution is -2.41. The van der Waals surface area contributed by atoms with Crippen molar-refractivity contribution < 1.29 is 19.1 Å². The third kappa shape index (κ3) is 4.00. The minimum absolute atomic E-state index is 0.291. The SMILES string of the molecule is COC(=O)C1=C(C(=O)OC)[Si](C)(C)C(c2ccccc2)=C/C1=C\c1ccccc1. The van der Waals surface area contributed by atoms with Gasteiger partial charge in [-0.2, -0.15) is 0 Å². The Hall–Kier alpha value is -3.18. The highest BCUT2D eigenvalue weighted by Crippen LogP contribution is 2.42. The fraction of sp³-hybridized carbons (Fsp3) is 0.167. The van der Waals surface area contributed by atoms with E-state index < -0.39 is 20.0 Å². The molecule has 0 saturated carbocycles. The van der Waals surface area contributed by atoms with Crippen molar-refractivity contribution in [1.82, 2.24) is 0 Å². The second-order valence-electron chi connectivity index (χ2n) is 7.29. The smallest absolute Gasteiger partial charge is 0.338 e. The lowest BCUT2D eigenvalue weighted by atomic mass is 9.99. The topological polar surface area (TPSA) is 52.6 Å². The molecule has 0 radical (unpaired) electrons. The molecule has 0 aromatic heterocycles. The summed E-state index contributed by atoms with van der Waals surface area (Å²) in [7, 11) is 0.121. The molecule has 0 bridgehead atoms. The zero-order valence-electron chi connectivity index (χ0n) is 17.1. The highest BCUT2D eigenvalue weighted by Gasteiger charge is 2.44. The summed E-state index contributed by atoms with van der Waals surface area (Å²) in [5.41, 5.74) is 2.90. The van der Waals surface area contributed by atoms with Crippen LogP contribution in [-0.2, 0) is 19.1 Å². The maximum atomic E-state index is 12.9. The Morgan fingerprint density at radius 3 is 1.93 bits per heavy atom. The molecule has 0 spiro atoms. The number of benzene rings is 2. The number of hydrogen-bond donors (Lipinski definition) is 0. The van der Waals surface area contributed by atoms with E-state index in [1.165, 1.54) is 14.2 Å². The van der Waals surface area contributed by atoms with Gasteiger partial charge in [-0.3, -0.25) is 0 Å². The summed E-state index contributed by atoms with van der Waals surface area (Å²) < 4.78 is 10.2. The van der Waals surface area contributed by atoms with Crippen LogP contribution in [0.2, 0.25) is 13.1 Å². The van der Waals surface area contributed by atoms with E-state index in [0.717, 1.165) is 16.3 Å². The number of carbonyl (C=O) groups is 2. The predicted molar refractivity (Wildman–Crippen MR) is 117 cm³/mol. The molecule has 4 nitrogen and oxygen atoms in total. The third-order valence-corrected chi connectivity index (χ3v) is 8.61. The molecular weight excluding hydrogens is 380 g/mol. The number of rotatable bonds is 4. The molecular formula is C24H24O4Si. The van der Waals surface area contributed by atoms with Crippen molar-refractivity contribution in [2.24, 2.45) is 0 Å². The summed E-state index contributed by atoms with van der Waals surface area (Å²) in [6.07, 6.45) is 3.93. The molecule has 0 amide bonds. The van der Waals surface area contributed by atoms with Crippen molar-refractivity contribution in [2.75, 3.05) is 14.2 Å². The van der Waals surface area contributed by atoms with Gasteiger partial charge >= 0.3 is 11.9 Å². The van der Waals surface area contributed by atoms with E-state index >= 15 is 0 Å². The highest BCUT2D eigenvalue weighted by molar-refractivity contribution is 7.03. The minimum Gasteiger partial charge on any atom is -0.466 e. The van der Waals surface area contributed by atoms with Crippen LogP contribution in [0.15, 0.2) is 83.1 Å². The standard InChI is InChI=1S/C24H24O4Si/c1-27-23(25)21-19(15-17-11-7-5-8-12-17)16-20(18-13-9-6-10-14-18)29(3,4)22(21)24(26)28-2/h5-16H,1-4H3/b19-15+. The number of allylic oxidation sites excluding steroid dienone is 1. The van der Waals surface area contributed by atoms with Gasteiger partial charge in [-0.1, -0.05) is 79.8 Å². The fourth-order valence-corrected chi connectivity index (χ4v) is 6.84. The van der Waals surface area contributed by atoms with Gasteiger partial charge in [0.2, 0.25) is 0 Å². The summed E-state index contributed by atoms with van der Waals surface area (Å²) in [5, 5.41) is 1.49. The van der Waals surface area contributed by atoms with Gasteiger partial charge in [0.1, 0.15) is 8.07 Å². The monoisotopic (exact) mass is 404 g/mol. The molecule has 5 heteroatoms. The maximum Gasteiger partial charge on any atom is 0.338 e. The molecule has 2 aromatic carbocycles. The highest BCUT2D eigenvalue weighted by atomic mass is 28.3. The molecule has 0 unspecified atom stereocenters. The van der Waals surface area contributed by atoms with Crippen LogP contribution in [0.25, 0.3) is 11.3 Å². The molecule has 29 heavy (non-hydrogen) atoms. The summed E-state index contributed by atoms with van der Waals surface area (Å²) in [6, 6.07) is 19.6. The number of carbonyl (C=O) groups excluding carboxylic acids is 2. The van der Waals surface area contributed by atoms with Gasteiger partial charge in [-0.15, -0.1) is 0 Å². The predicted octanol–water partition coefficient (Wildman–Crippen LogP) is 4.60. The third-order valence-electron chi connectivity index (χ3n) is 5.12. The van der Waals surface area contributed by atoms with Gasteiger partial charge in [0, 0.05) is 5.20 Å². The van der Waals surface area contributed by atoms with Gasteiger partial charge in [0.25, 0.3) is 0 Å². The van der Waals surface area contributed by atoms with Crippen LogP contribution < -0.4 is 0 Å². The molecule has 148 valence electrons. The van der Waals surface area contributed by atoms with Crippen molar-refractivity contribution in [3.05, 3.63) is 94.2 Å². The number of methoxy groups -OCH3 is 2. The summed E-state index contributed by atoms with van der Waals surface area (Å²) in [4.78, 5) is 25.7. The van der Waals surface area contributed by atoms with E-state index in [2.05, 4.69) is 13.1 Å². The summed E-state index contributed by atoms with van der Waals surface area (Å²) in [5.74, 6) is -1.01. The van der Waals surface area contributed by atoms with E-state index in [1.54, 1.807) is 0 Å². The number of ether oxygens (including phenoxy) is 2. The first-order valence-electron chi connectivity index (χ1n) is 9.36. The van der Waals surface area contributed by atoms with Gasteiger partial charge in [-0.25, -0.2) is 9.59 Å². The zero-order valence-corrected chi connectivity index (χ0v) is 18.1. The van der Waals surface area contributed by atoms with Gasteiger partial charge in [0.05, 0.1) is 19.8 Å². The van der Waals surface area contributed by atoms with E-state index in [9.17, 15) is 9.59 Å². The molecule has 1 heterocycles. The normalized spacial score (nSPS) is 17.0. The Morgan fingerprint density at radius 1 is 0.828 bits per heavy atom. The second kappa shape index (κ2) is 8.45.